The summed E-state index contributed by atoms with van der Waals surface area (Å²) >= 11 is 5.83. The van der Waals surface area contributed by atoms with Crippen molar-refractivity contribution in [1.82, 2.24) is 14.7 Å². The summed E-state index contributed by atoms with van der Waals surface area (Å²) < 4.78 is 27.0. The lowest BCUT2D eigenvalue weighted by molar-refractivity contribution is 0.581. The normalized spacial score (nSPS) is 11.9. The molecular weight excluding hydrogens is 322 g/mol. The first-order valence-electron chi connectivity index (χ1n) is 6.64. The monoisotopic (exact) mass is 335 g/mol. The molecule has 0 aliphatic rings. The molecule has 5 nitrogen and oxygen atoms in total. The number of rotatable bonds is 4. The van der Waals surface area contributed by atoms with E-state index in [1.54, 1.807) is 12.1 Å². The molecule has 0 bridgehead atoms. The number of H-pyrrole nitrogens is 1. The molecule has 1 aromatic heterocycles. The molecule has 3 aromatic rings. The number of fused-ring (bicyclic) bond motifs is 1. The van der Waals surface area contributed by atoms with Gasteiger partial charge in [-0.15, -0.1) is 0 Å². The van der Waals surface area contributed by atoms with Crippen LogP contribution in [0.1, 0.15) is 11.4 Å². The van der Waals surface area contributed by atoms with Gasteiger partial charge in [0.15, 0.2) is 0 Å². The van der Waals surface area contributed by atoms with Crippen LogP contribution in [-0.2, 0) is 16.6 Å². The van der Waals surface area contributed by atoms with Crippen molar-refractivity contribution in [2.24, 2.45) is 0 Å². The van der Waals surface area contributed by atoms with E-state index in [4.69, 9.17) is 11.6 Å². The van der Waals surface area contributed by atoms with Crippen LogP contribution in [0.15, 0.2) is 47.4 Å². The first-order chi connectivity index (χ1) is 10.4. The van der Waals surface area contributed by atoms with Gasteiger partial charge in [0.1, 0.15) is 5.82 Å². The van der Waals surface area contributed by atoms with Crippen LogP contribution >= 0.6 is 11.6 Å². The van der Waals surface area contributed by atoms with Gasteiger partial charge in [-0.2, -0.15) is 0 Å². The second kappa shape index (κ2) is 5.72. The van der Waals surface area contributed by atoms with Crippen molar-refractivity contribution in [3.05, 3.63) is 58.9 Å². The first-order valence-corrected chi connectivity index (χ1v) is 8.51. The van der Waals surface area contributed by atoms with E-state index in [2.05, 4.69) is 14.7 Å². The Hall–Kier alpha value is -1.89. The predicted molar refractivity (Wildman–Crippen MR) is 86.3 cm³/mol. The van der Waals surface area contributed by atoms with E-state index in [0.29, 0.717) is 5.02 Å². The first kappa shape index (κ1) is 15.0. The highest BCUT2D eigenvalue weighted by molar-refractivity contribution is 7.89. The minimum Gasteiger partial charge on any atom is -0.342 e. The number of nitrogens with zero attached hydrogens (tertiary/aromatic N) is 1. The third-order valence-electron chi connectivity index (χ3n) is 3.24. The maximum absolute atomic E-state index is 12.2. The van der Waals surface area contributed by atoms with Gasteiger partial charge >= 0.3 is 0 Å². The second-order valence-electron chi connectivity index (χ2n) is 4.96. The van der Waals surface area contributed by atoms with E-state index >= 15 is 0 Å². The van der Waals surface area contributed by atoms with Crippen LogP contribution in [-0.4, -0.2) is 18.4 Å². The van der Waals surface area contributed by atoms with Gasteiger partial charge in [-0.1, -0.05) is 23.7 Å². The average Bonchev–Trinajstić information content (AvgIpc) is 2.84. The molecule has 0 aliphatic heterocycles. The van der Waals surface area contributed by atoms with Crippen molar-refractivity contribution >= 4 is 32.7 Å². The Bertz CT molecular complexity index is 935. The third kappa shape index (κ3) is 3.14. The van der Waals surface area contributed by atoms with Gasteiger partial charge in [-0.3, -0.25) is 0 Å². The maximum Gasteiger partial charge on any atom is 0.240 e. The Balaban J connectivity index is 1.80. The van der Waals surface area contributed by atoms with Gasteiger partial charge in [-0.25, -0.2) is 18.1 Å². The van der Waals surface area contributed by atoms with Gasteiger partial charge in [0.2, 0.25) is 10.0 Å². The lowest BCUT2D eigenvalue weighted by atomic mass is 10.2. The number of imidazole rings is 1. The van der Waals surface area contributed by atoms with Gasteiger partial charge in [0.05, 0.1) is 15.9 Å². The fraction of sp³-hybridized carbons (Fsp3) is 0.133. The lowest BCUT2D eigenvalue weighted by Gasteiger charge is -2.07. The van der Waals surface area contributed by atoms with Crippen molar-refractivity contribution in [2.45, 2.75) is 18.4 Å². The molecule has 2 aromatic carbocycles. The zero-order chi connectivity index (χ0) is 15.7. The van der Waals surface area contributed by atoms with E-state index in [0.717, 1.165) is 22.4 Å². The molecule has 0 aliphatic carbocycles. The van der Waals surface area contributed by atoms with Crippen molar-refractivity contribution in [3.63, 3.8) is 0 Å². The molecule has 0 amide bonds. The molecule has 0 saturated heterocycles. The Kier molecular flexibility index (Phi) is 3.90. The SMILES string of the molecule is Cc1nc2ccc(CNS(=O)(=O)c3cccc(Cl)c3)cc2[nH]1. The number of aromatic amines is 1. The van der Waals surface area contributed by atoms with Crippen LogP contribution in [0, 0.1) is 6.92 Å². The van der Waals surface area contributed by atoms with Crippen LogP contribution < -0.4 is 4.72 Å². The highest BCUT2D eigenvalue weighted by Crippen LogP contribution is 2.17. The number of nitrogens with one attached hydrogen (secondary N) is 2. The number of halogens is 1. The lowest BCUT2D eigenvalue weighted by Crippen LogP contribution is -2.23. The summed E-state index contributed by atoms with van der Waals surface area (Å²) in [5.41, 5.74) is 2.60. The summed E-state index contributed by atoms with van der Waals surface area (Å²) in [7, 11) is -3.59. The van der Waals surface area contributed by atoms with Gasteiger partial charge in [0, 0.05) is 11.6 Å². The topological polar surface area (TPSA) is 74.8 Å². The van der Waals surface area contributed by atoms with Crippen LogP contribution in [0.25, 0.3) is 11.0 Å². The number of aromatic nitrogens is 2. The van der Waals surface area contributed by atoms with E-state index in [9.17, 15) is 8.42 Å². The molecule has 0 spiro atoms. The van der Waals surface area contributed by atoms with E-state index in [-0.39, 0.29) is 11.4 Å². The highest BCUT2D eigenvalue weighted by Gasteiger charge is 2.14. The smallest absolute Gasteiger partial charge is 0.240 e. The molecule has 3 rings (SSSR count). The highest BCUT2D eigenvalue weighted by atomic mass is 35.5. The van der Waals surface area contributed by atoms with Crippen LogP contribution in [0.5, 0.6) is 0 Å². The Morgan fingerprint density at radius 1 is 1.23 bits per heavy atom. The van der Waals surface area contributed by atoms with Crippen LogP contribution in [0.4, 0.5) is 0 Å². The second-order valence-corrected chi connectivity index (χ2v) is 7.16. The van der Waals surface area contributed by atoms with Crippen molar-refractivity contribution in [1.29, 1.82) is 0 Å². The zero-order valence-electron chi connectivity index (χ0n) is 11.8. The molecular formula is C15H14ClN3O2S. The number of hydrogen-bond acceptors (Lipinski definition) is 3. The van der Waals surface area contributed by atoms with Crippen LogP contribution in [0.2, 0.25) is 5.02 Å². The minimum absolute atomic E-state index is 0.151. The summed E-state index contributed by atoms with van der Waals surface area (Å²) in [5.74, 6) is 0.826. The summed E-state index contributed by atoms with van der Waals surface area (Å²) in [4.78, 5) is 7.59. The fourth-order valence-electron chi connectivity index (χ4n) is 2.19. The molecule has 0 fully saturated rings. The molecule has 22 heavy (non-hydrogen) atoms. The largest absolute Gasteiger partial charge is 0.342 e. The van der Waals surface area contributed by atoms with Crippen molar-refractivity contribution in [2.75, 3.05) is 0 Å². The number of sulfonamides is 1. The minimum atomic E-state index is -3.59. The molecule has 114 valence electrons. The summed E-state index contributed by atoms with van der Waals surface area (Å²) in [5, 5.41) is 0.386. The zero-order valence-corrected chi connectivity index (χ0v) is 13.4. The third-order valence-corrected chi connectivity index (χ3v) is 4.87. The summed E-state index contributed by atoms with van der Waals surface area (Å²) in [6, 6.07) is 11.8. The van der Waals surface area contributed by atoms with Gasteiger partial charge < -0.3 is 4.98 Å². The molecule has 0 radical (unpaired) electrons. The summed E-state index contributed by atoms with van der Waals surface area (Å²) in [6.07, 6.45) is 0. The van der Waals surface area contributed by atoms with Crippen molar-refractivity contribution in [3.8, 4) is 0 Å². The van der Waals surface area contributed by atoms with Gasteiger partial charge in [-0.05, 0) is 42.8 Å². The van der Waals surface area contributed by atoms with E-state index < -0.39 is 10.0 Å². The number of hydrogen-bond donors (Lipinski definition) is 2. The maximum atomic E-state index is 12.2. The molecule has 7 heteroatoms. The summed E-state index contributed by atoms with van der Waals surface area (Å²) in [6.45, 7) is 2.07. The Morgan fingerprint density at radius 2 is 2.05 bits per heavy atom. The van der Waals surface area contributed by atoms with Crippen molar-refractivity contribution < 1.29 is 8.42 Å². The van der Waals surface area contributed by atoms with Crippen LogP contribution in [0.3, 0.4) is 0 Å². The average molecular weight is 336 g/mol. The van der Waals surface area contributed by atoms with E-state index in [1.165, 1.54) is 12.1 Å². The number of aryl methyl sites for hydroxylation is 1. The molecule has 0 atom stereocenters. The standard InChI is InChI=1S/C15H14ClN3O2S/c1-10-18-14-6-5-11(7-15(14)19-10)9-17-22(20,21)13-4-2-3-12(16)8-13/h2-8,17H,9H2,1H3,(H,18,19). The predicted octanol–water partition coefficient (Wildman–Crippen LogP) is 3.00. The number of benzene rings is 2. The Morgan fingerprint density at radius 3 is 2.82 bits per heavy atom. The van der Waals surface area contributed by atoms with Gasteiger partial charge in [0.25, 0.3) is 0 Å². The fourth-order valence-corrected chi connectivity index (χ4v) is 3.51. The molecule has 0 saturated carbocycles. The molecule has 2 N–H and O–H groups in total. The Labute approximate surface area is 133 Å². The van der Waals surface area contributed by atoms with E-state index in [1.807, 2.05) is 25.1 Å². The molecule has 1 heterocycles. The quantitative estimate of drug-likeness (QED) is 0.769. The molecule has 0 unspecified atom stereocenters.